The maximum absolute atomic E-state index is 14.0. The number of anilines is 1. The van der Waals surface area contributed by atoms with E-state index in [1.807, 2.05) is 39.8 Å². The van der Waals surface area contributed by atoms with E-state index >= 15 is 0 Å². The first kappa shape index (κ1) is 30.2. The lowest BCUT2D eigenvalue weighted by molar-refractivity contribution is -0.139. The van der Waals surface area contributed by atoms with Gasteiger partial charge in [-0.15, -0.1) is 0 Å². The number of para-hydroxylation sites is 1. The van der Waals surface area contributed by atoms with E-state index in [9.17, 15) is 18.0 Å². The summed E-state index contributed by atoms with van der Waals surface area (Å²) in [5.41, 5.74) is 2.77. The number of halogens is 1. The molecule has 0 aliphatic heterocycles. The predicted molar refractivity (Wildman–Crippen MR) is 156 cm³/mol. The Labute approximate surface area is 236 Å². The molecule has 0 spiro atoms. The normalized spacial score (nSPS) is 12.2. The van der Waals surface area contributed by atoms with E-state index in [1.165, 1.54) is 17.0 Å². The molecule has 0 fully saturated rings. The van der Waals surface area contributed by atoms with Crippen LogP contribution in [0.4, 0.5) is 5.69 Å². The Bertz CT molecular complexity index is 1410. The third-order valence-corrected chi connectivity index (χ3v) is 8.57. The van der Waals surface area contributed by atoms with Crippen molar-refractivity contribution in [3.63, 3.8) is 0 Å². The van der Waals surface area contributed by atoms with Gasteiger partial charge >= 0.3 is 0 Å². The number of amides is 2. The lowest BCUT2D eigenvalue weighted by Crippen LogP contribution is -2.52. The Morgan fingerprint density at radius 1 is 0.897 bits per heavy atom. The Balaban J connectivity index is 2.08. The van der Waals surface area contributed by atoms with Gasteiger partial charge in [-0.25, -0.2) is 8.42 Å². The fourth-order valence-electron chi connectivity index (χ4n) is 4.20. The number of sulfonamides is 1. The zero-order valence-electron chi connectivity index (χ0n) is 23.0. The van der Waals surface area contributed by atoms with Crippen LogP contribution in [-0.4, -0.2) is 43.8 Å². The molecule has 0 bridgehead atoms. The molecule has 1 atom stereocenters. The van der Waals surface area contributed by atoms with Gasteiger partial charge in [0.05, 0.1) is 10.6 Å². The highest BCUT2D eigenvalue weighted by Crippen LogP contribution is 2.28. The highest BCUT2D eigenvalue weighted by molar-refractivity contribution is 7.92. The van der Waals surface area contributed by atoms with Gasteiger partial charge < -0.3 is 10.2 Å². The van der Waals surface area contributed by atoms with Crippen molar-refractivity contribution in [2.45, 2.75) is 64.6 Å². The van der Waals surface area contributed by atoms with Crippen LogP contribution < -0.4 is 9.62 Å². The number of hydrogen-bond acceptors (Lipinski definition) is 4. The standard InChI is InChI=1S/C30H36ClN3O4S/c1-6-24-11-8-10-14-28(24)34(39(37,38)26-17-15-22(4)16-18-26)20-29(35)33(23(5)30(36)32-21(2)3)19-25-12-7-9-13-27(25)31/h7-18,21,23H,6,19-20H2,1-5H3,(H,32,36)/t23-/m0/s1. The summed E-state index contributed by atoms with van der Waals surface area (Å²) in [4.78, 5) is 28.5. The number of aryl methyl sites for hydroxylation is 2. The molecule has 0 aliphatic rings. The smallest absolute Gasteiger partial charge is 0.264 e. The molecule has 0 heterocycles. The number of carbonyl (C=O) groups excluding carboxylic acids is 2. The first-order valence-corrected chi connectivity index (χ1v) is 14.8. The predicted octanol–water partition coefficient (Wildman–Crippen LogP) is 5.35. The lowest BCUT2D eigenvalue weighted by atomic mass is 10.1. The summed E-state index contributed by atoms with van der Waals surface area (Å²) in [7, 11) is -4.12. The highest BCUT2D eigenvalue weighted by atomic mass is 35.5. The topological polar surface area (TPSA) is 86.8 Å². The van der Waals surface area contributed by atoms with E-state index in [1.54, 1.807) is 55.5 Å². The van der Waals surface area contributed by atoms with Gasteiger partial charge in [0.25, 0.3) is 10.0 Å². The molecular weight excluding hydrogens is 534 g/mol. The van der Waals surface area contributed by atoms with Crippen LogP contribution in [0.2, 0.25) is 5.02 Å². The van der Waals surface area contributed by atoms with Crippen LogP contribution in [0.3, 0.4) is 0 Å². The van der Waals surface area contributed by atoms with Crippen molar-refractivity contribution in [3.8, 4) is 0 Å². The Morgan fingerprint density at radius 3 is 2.08 bits per heavy atom. The average Bonchev–Trinajstić information content (AvgIpc) is 2.90. The average molecular weight is 570 g/mol. The molecule has 39 heavy (non-hydrogen) atoms. The number of nitrogens with one attached hydrogen (secondary N) is 1. The molecule has 1 N–H and O–H groups in total. The van der Waals surface area contributed by atoms with Crippen molar-refractivity contribution in [2.75, 3.05) is 10.8 Å². The number of rotatable bonds is 11. The number of benzene rings is 3. The first-order chi connectivity index (χ1) is 18.4. The second kappa shape index (κ2) is 13.1. The van der Waals surface area contributed by atoms with Crippen molar-refractivity contribution in [3.05, 3.63) is 94.5 Å². The van der Waals surface area contributed by atoms with Gasteiger partial charge in [0, 0.05) is 17.6 Å². The Hall–Kier alpha value is -3.36. The second-order valence-electron chi connectivity index (χ2n) is 9.76. The van der Waals surface area contributed by atoms with Gasteiger partial charge in [-0.3, -0.25) is 13.9 Å². The van der Waals surface area contributed by atoms with Crippen LogP contribution in [0, 0.1) is 6.92 Å². The monoisotopic (exact) mass is 569 g/mol. The molecular formula is C30H36ClN3O4S. The first-order valence-electron chi connectivity index (χ1n) is 13.0. The quantitative estimate of drug-likeness (QED) is 0.337. The van der Waals surface area contributed by atoms with Crippen LogP contribution in [0.5, 0.6) is 0 Å². The van der Waals surface area contributed by atoms with Gasteiger partial charge in [0.1, 0.15) is 12.6 Å². The maximum Gasteiger partial charge on any atom is 0.264 e. The molecule has 208 valence electrons. The molecule has 0 saturated heterocycles. The Morgan fingerprint density at radius 2 is 1.49 bits per heavy atom. The van der Waals surface area contributed by atoms with E-state index in [4.69, 9.17) is 11.6 Å². The summed E-state index contributed by atoms with van der Waals surface area (Å²) >= 11 is 6.40. The van der Waals surface area contributed by atoms with E-state index in [0.29, 0.717) is 22.7 Å². The third kappa shape index (κ3) is 7.40. The molecule has 0 unspecified atom stereocenters. The number of carbonyl (C=O) groups is 2. The van der Waals surface area contributed by atoms with Crippen molar-refractivity contribution in [1.82, 2.24) is 10.2 Å². The van der Waals surface area contributed by atoms with E-state index in [-0.39, 0.29) is 23.4 Å². The van der Waals surface area contributed by atoms with Crippen LogP contribution in [-0.2, 0) is 32.6 Å². The van der Waals surface area contributed by atoms with Gasteiger partial charge in [-0.1, -0.05) is 72.6 Å². The van der Waals surface area contributed by atoms with Crippen LogP contribution >= 0.6 is 11.6 Å². The fourth-order valence-corrected chi connectivity index (χ4v) is 5.85. The minimum atomic E-state index is -4.12. The largest absolute Gasteiger partial charge is 0.352 e. The third-order valence-electron chi connectivity index (χ3n) is 6.43. The summed E-state index contributed by atoms with van der Waals surface area (Å²) in [5.74, 6) is -0.866. The summed E-state index contributed by atoms with van der Waals surface area (Å²) in [6.45, 7) is 8.66. The van der Waals surface area contributed by atoms with Crippen molar-refractivity contribution < 1.29 is 18.0 Å². The molecule has 0 aliphatic carbocycles. The van der Waals surface area contributed by atoms with Crippen molar-refractivity contribution in [2.24, 2.45) is 0 Å². The molecule has 7 nitrogen and oxygen atoms in total. The van der Waals surface area contributed by atoms with Gasteiger partial charge in [-0.2, -0.15) is 0 Å². The number of nitrogens with zero attached hydrogens (tertiary/aromatic N) is 2. The molecule has 3 rings (SSSR count). The zero-order chi connectivity index (χ0) is 28.7. The summed E-state index contributed by atoms with van der Waals surface area (Å²) in [6, 6.07) is 19.7. The SMILES string of the molecule is CCc1ccccc1N(CC(=O)N(Cc1ccccc1Cl)[C@@H](C)C(=O)NC(C)C)S(=O)(=O)c1ccc(C)cc1. The van der Waals surface area contributed by atoms with Crippen molar-refractivity contribution in [1.29, 1.82) is 0 Å². The fraction of sp³-hybridized carbons (Fsp3) is 0.333. The maximum atomic E-state index is 14.0. The second-order valence-corrected chi connectivity index (χ2v) is 12.0. The summed E-state index contributed by atoms with van der Waals surface area (Å²) < 4.78 is 29.1. The van der Waals surface area contributed by atoms with Gasteiger partial charge in [-0.05, 0) is 69.5 Å². The van der Waals surface area contributed by atoms with E-state index in [0.717, 1.165) is 15.4 Å². The highest BCUT2D eigenvalue weighted by Gasteiger charge is 2.33. The number of hydrogen-bond donors (Lipinski definition) is 1. The summed E-state index contributed by atoms with van der Waals surface area (Å²) in [5, 5.41) is 3.30. The van der Waals surface area contributed by atoms with Crippen molar-refractivity contribution >= 4 is 39.1 Å². The van der Waals surface area contributed by atoms with Crippen LogP contribution in [0.15, 0.2) is 77.7 Å². The van der Waals surface area contributed by atoms with E-state index < -0.39 is 28.5 Å². The molecule has 0 aromatic heterocycles. The Kier molecular flexibility index (Phi) is 10.2. The minimum absolute atomic E-state index is 0.0407. The molecule has 0 radical (unpaired) electrons. The molecule has 3 aromatic carbocycles. The molecule has 3 aromatic rings. The lowest BCUT2D eigenvalue weighted by Gasteiger charge is -2.33. The summed E-state index contributed by atoms with van der Waals surface area (Å²) in [6.07, 6.45) is 0.570. The molecule has 0 saturated carbocycles. The van der Waals surface area contributed by atoms with Crippen LogP contribution in [0.1, 0.15) is 44.4 Å². The van der Waals surface area contributed by atoms with Gasteiger partial charge in [0.15, 0.2) is 0 Å². The molecule has 2 amide bonds. The zero-order valence-corrected chi connectivity index (χ0v) is 24.6. The molecule has 9 heteroatoms. The minimum Gasteiger partial charge on any atom is -0.352 e. The van der Waals surface area contributed by atoms with E-state index in [2.05, 4.69) is 5.32 Å². The van der Waals surface area contributed by atoms with Gasteiger partial charge in [0.2, 0.25) is 11.8 Å². The van der Waals surface area contributed by atoms with Crippen LogP contribution in [0.25, 0.3) is 0 Å².